The molecule has 17 heavy (non-hydrogen) atoms. The highest BCUT2D eigenvalue weighted by molar-refractivity contribution is 4.92. The summed E-state index contributed by atoms with van der Waals surface area (Å²) in [7, 11) is 0. The van der Waals surface area contributed by atoms with Crippen molar-refractivity contribution in [2.45, 2.75) is 85.0 Å². The van der Waals surface area contributed by atoms with Crippen LogP contribution >= 0.6 is 0 Å². The third kappa shape index (κ3) is 3.06. The quantitative estimate of drug-likeness (QED) is 0.580. The summed E-state index contributed by atoms with van der Waals surface area (Å²) in [4.78, 5) is 0. The SMILES string of the molecule is CCCC(C)(C)C1CCC2CCCCCCC21. The van der Waals surface area contributed by atoms with E-state index in [4.69, 9.17) is 0 Å². The van der Waals surface area contributed by atoms with Gasteiger partial charge in [-0.2, -0.15) is 0 Å². The Morgan fingerprint density at radius 3 is 2.29 bits per heavy atom. The number of rotatable bonds is 3. The van der Waals surface area contributed by atoms with E-state index >= 15 is 0 Å². The summed E-state index contributed by atoms with van der Waals surface area (Å²) in [5.74, 6) is 3.21. The molecule has 0 spiro atoms. The molecular formula is C17H32. The standard InChI is InChI=1S/C17H32/c1-4-13-17(2,3)16-12-11-14-9-7-5-6-8-10-15(14)16/h14-16H,4-13H2,1-3H3. The van der Waals surface area contributed by atoms with E-state index in [9.17, 15) is 0 Å². The first-order valence-electron chi connectivity index (χ1n) is 8.15. The average Bonchev–Trinajstić information content (AvgIpc) is 2.60. The number of hydrogen-bond acceptors (Lipinski definition) is 0. The van der Waals surface area contributed by atoms with Gasteiger partial charge in [-0.1, -0.05) is 59.3 Å². The van der Waals surface area contributed by atoms with Crippen molar-refractivity contribution in [3.8, 4) is 0 Å². The predicted molar refractivity (Wildman–Crippen MR) is 76.1 cm³/mol. The second-order valence-electron chi connectivity index (χ2n) is 7.34. The summed E-state index contributed by atoms with van der Waals surface area (Å²) in [6, 6.07) is 0. The maximum absolute atomic E-state index is 2.54. The van der Waals surface area contributed by atoms with Gasteiger partial charge in [0.25, 0.3) is 0 Å². The molecule has 2 aliphatic rings. The minimum atomic E-state index is 0.605. The zero-order chi connectivity index (χ0) is 12.3. The molecule has 0 heteroatoms. The molecule has 0 aliphatic heterocycles. The number of hydrogen-bond donors (Lipinski definition) is 0. The van der Waals surface area contributed by atoms with E-state index in [0.29, 0.717) is 5.41 Å². The molecule has 2 aliphatic carbocycles. The molecular weight excluding hydrogens is 204 g/mol. The molecule has 0 radical (unpaired) electrons. The van der Waals surface area contributed by atoms with Crippen molar-refractivity contribution < 1.29 is 0 Å². The van der Waals surface area contributed by atoms with Crippen LogP contribution in [0.15, 0.2) is 0 Å². The van der Waals surface area contributed by atoms with Gasteiger partial charge in [0, 0.05) is 0 Å². The molecule has 100 valence electrons. The predicted octanol–water partition coefficient (Wildman–Crippen LogP) is 5.81. The van der Waals surface area contributed by atoms with Gasteiger partial charge in [-0.25, -0.2) is 0 Å². The summed E-state index contributed by atoms with van der Waals surface area (Å²) in [5, 5.41) is 0. The average molecular weight is 236 g/mol. The Morgan fingerprint density at radius 2 is 1.59 bits per heavy atom. The largest absolute Gasteiger partial charge is 0.0654 e. The van der Waals surface area contributed by atoms with Crippen molar-refractivity contribution in [2.75, 3.05) is 0 Å². The molecule has 0 aromatic carbocycles. The normalized spacial score (nSPS) is 35.1. The second-order valence-corrected chi connectivity index (χ2v) is 7.34. The van der Waals surface area contributed by atoms with Crippen LogP contribution in [0.3, 0.4) is 0 Å². The Hall–Kier alpha value is 0. The van der Waals surface area contributed by atoms with Gasteiger partial charge in [0.1, 0.15) is 0 Å². The zero-order valence-corrected chi connectivity index (χ0v) is 12.3. The van der Waals surface area contributed by atoms with Gasteiger partial charge in [-0.05, 0) is 48.9 Å². The topological polar surface area (TPSA) is 0 Å². The summed E-state index contributed by atoms with van der Waals surface area (Å²) >= 11 is 0. The van der Waals surface area contributed by atoms with Gasteiger partial charge in [-0.3, -0.25) is 0 Å². The molecule has 0 aromatic rings. The van der Waals surface area contributed by atoms with Crippen LogP contribution in [0.25, 0.3) is 0 Å². The van der Waals surface area contributed by atoms with Crippen LogP contribution in [-0.4, -0.2) is 0 Å². The minimum Gasteiger partial charge on any atom is -0.0654 e. The lowest BCUT2D eigenvalue weighted by molar-refractivity contribution is 0.117. The van der Waals surface area contributed by atoms with Crippen molar-refractivity contribution in [3.05, 3.63) is 0 Å². The van der Waals surface area contributed by atoms with Crippen molar-refractivity contribution in [1.82, 2.24) is 0 Å². The third-order valence-corrected chi connectivity index (χ3v) is 5.73. The van der Waals surface area contributed by atoms with Crippen LogP contribution in [0.4, 0.5) is 0 Å². The number of fused-ring (bicyclic) bond motifs is 1. The van der Waals surface area contributed by atoms with Crippen LogP contribution in [0, 0.1) is 23.2 Å². The lowest BCUT2D eigenvalue weighted by Gasteiger charge is -2.38. The van der Waals surface area contributed by atoms with Crippen molar-refractivity contribution in [1.29, 1.82) is 0 Å². The van der Waals surface area contributed by atoms with Crippen LogP contribution in [0.1, 0.15) is 85.0 Å². The Morgan fingerprint density at radius 1 is 0.882 bits per heavy atom. The Labute approximate surface area is 109 Å². The van der Waals surface area contributed by atoms with Gasteiger partial charge < -0.3 is 0 Å². The molecule has 2 fully saturated rings. The van der Waals surface area contributed by atoms with Crippen LogP contribution in [0.2, 0.25) is 0 Å². The summed E-state index contributed by atoms with van der Waals surface area (Å²) < 4.78 is 0. The molecule has 0 heterocycles. The van der Waals surface area contributed by atoms with E-state index in [2.05, 4.69) is 20.8 Å². The first kappa shape index (κ1) is 13.4. The Balaban J connectivity index is 2.03. The first-order chi connectivity index (χ1) is 8.15. The monoisotopic (exact) mass is 236 g/mol. The van der Waals surface area contributed by atoms with E-state index in [1.807, 2.05) is 0 Å². The fraction of sp³-hybridized carbons (Fsp3) is 1.00. The second kappa shape index (κ2) is 5.76. The molecule has 3 unspecified atom stereocenters. The van der Waals surface area contributed by atoms with Crippen molar-refractivity contribution in [2.24, 2.45) is 23.2 Å². The van der Waals surface area contributed by atoms with Gasteiger partial charge in [0.05, 0.1) is 0 Å². The zero-order valence-electron chi connectivity index (χ0n) is 12.3. The van der Waals surface area contributed by atoms with E-state index in [1.54, 1.807) is 19.3 Å². The molecule has 0 aromatic heterocycles. The fourth-order valence-corrected chi connectivity index (χ4v) is 4.89. The van der Waals surface area contributed by atoms with E-state index in [0.717, 1.165) is 17.8 Å². The fourth-order valence-electron chi connectivity index (χ4n) is 4.89. The molecule has 0 amide bonds. The van der Waals surface area contributed by atoms with Crippen molar-refractivity contribution >= 4 is 0 Å². The van der Waals surface area contributed by atoms with E-state index in [-0.39, 0.29) is 0 Å². The Kier molecular flexibility index (Phi) is 4.55. The highest BCUT2D eigenvalue weighted by atomic mass is 14.5. The molecule has 0 saturated heterocycles. The summed E-state index contributed by atoms with van der Waals surface area (Å²) in [6.07, 6.45) is 15.0. The molecule has 0 N–H and O–H groups in total. The van der Waals surface area contributed by atoms with Gasteiger partial charge in [0.15, 0.2) is 0 Å². The van der Waals surface area contributed by atoms with Crippen molar-refractivity contribution in [3.63, 3.8) is 0 Å². The minimum absolute atomic E-state index is 0.605. The highest BCUT2D eigenvalue weighted by Crippen LogP contribution is 2.52. The Bertz CT molecular complexity index is 228. The molecule has 2 rings (SSSR count). The van der Waals surface area contributed by atoms with Crippen LogP contribution < -0.4 is 0 Å². The van der Waals surface area contributed by atoms with E-state index < -0.39 is 0 Å². The molecule has 0 nitrogen and oxygen atoms in total. The third-order valence-electron chi connectivity index (χ3n) is 5.73. The van der Waals surface area contributed by atoms with Gasteiger partial charge in [-0.15, -0.1) is 0 Å². The maximum atomic E-state index is 2.54. The molecule has 0 bridgehead atoms. The highest BCUT2D eigenvalue weighted by Gasteiger charge is 2.42. The lowest BCUT2D eigenvalue weighted by atomic mass is 9.67. The maximum Gasteiger partial charge on any atom is -0.0323 e. The summed E-state index contributed by atoms with van der Waals surface area (Å²) in [6.45, 7) is 7.44. The lowest BCUT2D eigenvalue weighted by Crippen LogP contribution is -2.29. The smallest absolute Gasteiger partial charge is 0.0323 e. The van der Waals surface area contributed by atoms with Crippen LogP contribution in [-0.2, 0) is 0 Å². The summed E-state index contributed by atoms with van der Waals surface area (Å²) in [5.41, 5.74) is 0.605. The van der Waals surface area contributed by atoms with E-state index in [1.165, 1.54) is 44.9 Å². The van der Waals surface area contributed by atoms with Gasteiger partial charge >= 0.3 is 0 Å². The first-order valence-corrected chi connectivity index (χ1v) is 8.15. The molecule has 2 saturated carbocycles. The van der Waals surface area contributed by atoms with Crippen LogP contribution in [0.5, 0.6) is 0 Å². The van der Waals surface area contributed by atoms with Gasteiger partial charge in [0.2, 0.25) is 0 Å². The molecule has 3 atom stereocenters.